The van der Waals surface area contributed by atoms with Gasteiger partial charge in [-0.3, -0.25) is 15.0 Å². The normalized spacial score (nSPS) is 24.1. The number of Topliss-reactive ketones (excluding diaryl/α,β-unsaturated/α-hetero) is 1. The van der Waals surface area contributed by atoms with Gasteiger partial charge < -0.3 is 14.2 Å². The monoisotopic (exact) mass is 371 g/mol. The van der Waals surface area contributed by atoms with Crippen molar-refractivity contribution in [1.29, 1.82) is 5.41 Å². The third-order valence-electron chi connectivity index (χ3n) is 5.05. The Bertz CT molecular complexity index is 806. The van der Waals surface area contributed by atoms with Crippen molar-refractivity contribution in [3.63, 3.8) is 0 Å². The summed E-state index contributed by atoms with van der Waals surface area (Å²) in [6, 6.07) is 7.22. The van der Waals surface area contributed by atoms with Crippen molar-refractivity contribution in [2.45, 2.75) is 39.5 Å². The summed E-state index contributed by atoms with van der Waals surface area (Å²) in [5, 5.41) is 8.34. The van der Waals surface area contributed by atoms with Crippen molar-refractivity contribution in [2.75, 3.05) is 13.7 Å². The van der Waals surface area contributed by atoms with Crippen LogP contribution < -0.4 is 4.74 Å². The SMILES string of the molecule is CCOC(=O)C1C(=N)OC2=C(C(=O)CC(C)(C)C2)C1c1ccc(OC)cc1. The molecule has 144 valence electrons. The lowest BCUT2D eigenvalue weighted by Crippen LogP contribution is -2.42. The van der Waals surface area contributed by atoms with Gasteiger partial charge >= 0.3 is 5.97 Å². The summed E-state index contributed by atoms with van der Waals surface area (Å²) in [5.41, 5.74) is 1.02. The molecule has 1 aromatic rings. The zero-order valence-electron chi connectivity index (χ0n) is 16.1. The molecule has 0 amide bonds. The van der Waals surface area contributed by atoms with Crippen molar-refractivity contribution >= 4 is 17.7 Å². The summed E-state index contributed by atoms with van der Waals surface area (Å²) in [6.07, 6.45) is 0.934. The number of nitrogens with one attached hydrogen (secondary N) is 1. The first-order valence-corrected chi connectivity index (χ1v) is 9.10. The predicted octanol–water partition coefficient (Wildman–Crippen LogP) is 3.61. The molecule has 0 radical (unpaired) electrons. The molecule has 3 rings (SSSR count). The van der Waals surface area contributed by atoms with Crippen LogP contribution in [0, 0.1) is 16.7 Å². The minimum absolute atomic E-state index is 0.0381. The van der Waals surface area contributed by atoms with Gasteiger partial charge in [0, 0.05) is 24.3 Å². The fraction of sp³-hybridized carbons (Fsp3) is 0.476. The van der Waals surface area contributed by atoms with Gasteiger partial charge in [-0.2, -0.15) is 0 Å². The van der Waals surface area contributed by atoms with Crippen molar-refractivity contribution in [3.05, 3.63) is 41.2 Å². The van der Waals surface area contributed by atoms with Crippen molar-refractivity contribution in [1.82, 2.24) is 0 Å². The summed E-state index contributed by atoms with van der Waals surface area (Å²) in [5.74, 6) is -1.13. The quantitative estimate of drug-likeness (QED) is 0.817. The van der Waals surface area contributed by atoms with Gasteiger partial charge in [0.1, 0.15) is 17.4 Å². The van der Waals surface area contributed by atoms with E-state index in [0.717, 1.165) is 5.56 Å². The van der Waals surface area contributed by atoms with Crippen LogP contribution in [0.4, 0.5) is 0 Å². The second-order valence-corrected chi connectivity index (χ2v) is 7.72. The van der Waals surface area contributed by atoms with E-state index in [1.807, 2.05) is 26.0 Å². The number of ketones is 1. The minimum atomic E-state index is -0.970. The molecule has 0 aromatic heterocycles. The molecule has 0 saturated heterocycles. The predicted molar refractivity (Wildman–Crippen MR) is 99.7 cm³/mol. The van der Waals surface area contributed by atoms with Crippen LogP contribution in [-0.4, -0.2) is 31.4 Å². The molecule has 6 nitrogen and oxygen atoms in total. The van der Waals surface area contributed by atoms with E-state index in [1.165, 1.54) is 0 Å². The van der Waals surface area contributed by atoms with Crippen LogP contribution in [0.25, 0.3) is 0 Å². The molecule has 27 heavy (non-hydrogen) atoms. The third-order valence-corrected chi connectivity index (χ3v) is 5.05. The summed E-state index contributed by atoms with van der Waals surface area (Å²) < 4.78 is 16.1. The Morgan fingerprint density at radius 3 is 2.52 bits per heavy atom. The summed E-state index contributed by atoms with van der Waals surface area (Å²) in [4.78, 5) is 25.6. The Kier molecular flexibility index (Phi) is 5.09. The number of methoxy groups -OCH3 is 1. The maximum absolute atomic E-state index is 13.0. The lowest BCUT2D eigenvalue weighted by molar-refractivity contribution is -0.146. The van der Waals surface area contributed by atoms with E-state index in [4.69, 9.17) is 19.6 Å². The minimum Gasteiger partial charge on any atom is -0.497 e. The standard InChI is InChI=1S/C21H25NO5/c1-5-26-20(24)18-16(12-6-8-13(25-4)9-7-12)17-14(23)10-21(2,3)11-15(17)27-19(18)22/h6-9,16,18,22H,5,10-11H2,1-4H3. The topological polar surface area (TPSA) is 85.7 Å². The first kappa shape index (κ1) is 19.1. The van der Waals surface area contributed by atoms with E-state index < -0.39 is 17.8 Å². The molecular weight excluding hydrogens is 346 g/mol. The molecule has 0 spiro atoms. The molecule has 6 heteroatoms. The van der Waals surface area contributed by atoms with Crippen LogP contribution in [0.5, 0.6) is 5.75 Å². The largest absolute Gasteiger partial charge is 0.497 e. The maximum Gasteiger partial charge on any atom is 0.319 e. The molecular formula is C21H25NO5. The van der Waals surface area contributed by atoms with Crippen molar-refractivity contribution < 1.29 is 23.8 Å². The van der Waals surface area contributed by atoms with Gasteiger partial charge in [-0.15, -0.1) is 0 Å². The van der Waals surface area contributed by atoms with E-state index in [9.17, 15) is 9.59 Å². The number of benzene rings is 1. The Balaban J connectivity index is 2.13. The highest BCUT2D eigenvalue weighted by atomic mass is 16.5. The number of hydrogen-bond acceptors (Lipinski definition) is 6. The lowest BCUT2D eigenvalue weighted by atomic mass is 9.68. The number of carbonyl (C=O) groups excluding carboxylic acids is 2. The molecule has 1 N–H and O–H groups in total. The van der Waals surface area contributed by atoms with Crippen LogP contribution in [0.2, 0.25) is 0 Å². The lowest BCUT2D eigenvalue weighted by Gasteiger charge is -2.40. The molecule has 1 heterocycles. The molecule has 2 aliphatic rings. The van der Waals surface area contributed by atoms with E-state index >= 15 is 0 Å². The van der Waals surface area contributed by atoms with Gasteiger partial charge in [0.15, 0.2) is 5.78 Å². The summed E-state index contributed by atoms with van der Waals surface area (Å²) in [6.45, 7) is 5.92. The number of rotatable bonds is 4. The fourth-order valence-electron chi connectivity index (χ4n) is 3.88. The molecule has 0 bridgehead atoms. The Labute approximate surface area is 159 Å². The van der Waals surface area contributed by atoms with Crippen molar-refractivity contribution in [3.8, 4) is 5.75 Å². The molecule has 1 aliphatic carbocycles. The van der Waals surface area contributed by atoms with Crippen LogP contribution in [0.15, 0.2) is 35.6 Å². The van der Waals surface area contributed by atoms with E-state index in [0.29, 0.717) is 29.9 Å². The van der Waals surface area contributed by atoms with Crippen LogP contribution in [-0.2, 0) is 19.1 Å². The van der Waals surface area contributed by atoms with Crippen LogP contribution in [0.3, 0.4) is 0 Å². The summed E-state index contributed by atoms with van der Waals surface area (Å²) >= 11 is 0. The van der Waals surface area contributed by atoms with Crippen LogP contribution in [0.1, 0.15) is 45.1 Å². The zero-order valence-corrected chi connectivity index (χ0v) is 16.1. The molecule has 1 aliphatic heterocycles. The maximum atomic E-state index is 13.0. The highest BCUT2D eigenvalue weighted by Gasteiger charge is 2.49. The zero-order chi connectivity index (χ0) is 19.8. The van der Waals surface area contributed by atoms with E-state index in [-0.39, 0.29) is 23.7 Å². The highest BCUT2D eigenvalue weighted by molar-refractivity contribution is 6.06. The van der Waals surface area contributed by atoms with Crippen LogP contribution >= 0.6 is 0 Å². The number of ether oxygens (including phenoxy) is 3. The van der Waals surface area contributed by atoms with Gasteiger partial charge in [-0.25, -0.2) is 0 Å². The Morgan fingerprint density at radius 2 is 1.93 bits per heavy atom. The Morgan fingerprint density at radius 1 is 1.26 bits per heavy atom. The van der Waals surface area contributed by atoms with E-state index in [1.54, 1.807) is 26.2 Å². The third kappa shape index (κ3) is 3.61. The fourth-order valence-corrected chi connectivity index (χ4v) is 3.88. The van der Waals surface area contributed by atoms with Gasteiger partial charge in [-0.1, -0.05) is 26.0 Å². The first-order chi connectivity index (χ1) is 12.8. The first-order valence-electron chi connectivity index (χ1n) is 9.10. The van der Waals surface area contributed by atoms with Gasteiger partial charge in [0.25, 0.3) is 0 Å². The van der Waals surface area contributed by atoms with Gasteiger partial charge in [0.05, 0.1) is 13.7 Å². The smallest absolute Gasteiger partial charge is 0.319 e. The van der Waals surface area contributed by atoms with Gasteiger partial charge in [0.2, 0.25) is 5.90 Å². The number of carbonyl (C=O) groups is 2. The number of allylic oxidation sites excluding steroid dienone is 2. The molecule has 0 saturated carbocycles. The molecule has 1 aromatic carbocycles. The Hall–Kier alpha value is -2.63. The van der Waals surface area contributed by atoms with Gasteiger partial charge in [-0.05, 0) is 30.0 Å². The second-order valence-electron chi connectivity index (χ2n) is 7.72. The molecule has 0 fully saturated rings. The van der Waals surface area contributed by atoms with E-state index in [2.05, 4.69) is 0 Å². The van der Waals surface area contributed by atoms with Crippen molar-refractivity contribution in [2.24, 2.45) is 11.3 Å². The number of esters is 1. The number of hydrogen-bond donors (Lipinski definition) is 1. The average molecular weight is 371 g/mol. The second kappa shape index (κ2) is 7.18. The summed E-state index contributed by atoms with van der Waals surface area (Å²) in [7, 11) is 1.58. The molecule has 2 atom stereocenters. The highest BCUT2D eigenvalue weighted by Crippen LogP contribution is 2.48. The average Bonchev–Trinajstić information content (AvgIpc) is 2.59. The molecule has 2 unspecified atom stereocenters.